The third-order valence-electron chi connectivity index (χ3n) is 2.03. The van der Waals surface area contributed by atoms with Crippen molar-refractivity contribution < 1.29 is 19.8 Å². The highest BCUT2D eigenvalue weighted by atomic mass is 35.5. The Labute approximate surface area is 96.4 Å². The van der Waals surface area contributed by atoms with E-state index in [1.54, 1.807) is 6.07 Å². The lowest BCUT2D eigenvalue weighted by atomic mass is 10.0. The highest BCUT2D eigenvalue weighted by Crippen LogP contribution is 2.18. The molecule has 0 spiro atoms. The highest BCUT2D eigenvalue weighted by molar-refractivity contribution is 6.33. The Hall–Kier alpha value is -1.59. The van der Waals surface area contributed by atoms with Gasteiger partial charge in [0, 0.05) is 0 Å². The van der Waals surface area contributed by atoms with Crippen LogP contribution in [-0.4, -0.2) is 28.2 Å². The van der Waals surface area contributed by atoms with Gasteiger partial charge >= 0.3 is 11.9 Å². The minimum Gasteiger partial charge on any atom is -0.480 e. The van der Waals surface area contributed by atoms with Gasteiger partial charge in [-0.1, -0.05) is 17.7 Å². The summed E-state index contributed by atoms with van der Waals surface area (Å²) in [5.41, 5.74) is 5.80. The molecule has 0 amide bonds. The molecule has 0 fully saturated rings. The number of hydrogen-bond donors (Lipinski definition) is 3. The Morgan fingerprint density at radius 1 is 1.38 bits per heavy atom. The molecule has 0 aliphatic heterocycles. The van der Waals surface area contributed by atoms with Crippen molar-refractivity contribution in [3.63, 3.8) is 0 Å². The second kappa shape index (κ2) is 4.96. The molecule has 1 rings (SSSR count). The van der Waals surface area contributed by atoms with E-state index in [4.69, 9.17) is 27.5 Å². The molecule has 0 radical (unpaired) electrons. The molecule has 1 aromatic carbocycles. The maximum Gasteiger partial charge on any atom is 0.337 e. The summed E-state index contributed by atoms with van der Waals surface area (Å²) in [6.07, 6.45) is 0.0623. The molecule has 0 heterocycles. The number of aliphatic carboxylic acids is 1. The number of halogens is 1. The largest absolute Gasteiger partial charge is 0.480 e. The second-order valence-corrected chi connectivity index (χ2v) is 3.68. The first-order chi connectivity index (χ1) is 7.41. The second-order valence-electron chi connectivity index (χ2n) is 3.27. The molecule has 0 saturated heterocycles. The van der Waals surface area contributed by atoms with E-state index in [1.165, 1.54) is 12.1 Å². The van der Waals surface area contributed by atoms with Gasteiger partial charge in [-0.05, 0) is 24.1 Å². The standard InChI is InChI=1S/C10H10ClNO4/c11-7-2-1-5(3-6(7)9(13)14)4-8(12)10(15)16/h1-3,8H,4,12H2,(H,13,14)(H,15,16). The quantitative estimate of drug-likeness (QED) is 0.732. The summed E-state index contributed by atoms with van der Waals surface area (Å²) in [4.78, 5) is 21.3. The molecule has 86 valence electrons. The van der Waals surface area contributed by atoms with E-state index in [0.29, 0.717) is 5.56 Å². The van der Waals surface area contributed by atoms with Gasteiger partial charge in [0.2, 0.25) is 0 Å². The van der Waals surface area contributed by atoms with Crippen LogP contribution in [0.5, 0.6) is 0 Å². The van der Waals surface area contributed by atoms with Crippen LogP contribution in [0.4, 0.5) is 0 Å². The van der Waals surface area contributed by atoms with Crippen LogP contribution in [0.1, 0.15) is 15.9 Å². The fourth-order valence-electron chi connectivity index (χ4n) is 1.20. The van der Waals surface area contributed by atoms with Gasteiger partial charge in [-0.15, -0.1) is 0 Å². The predicted octanol–water partition coefficient (Wildman–Crippen LogP) is 0.993. The summed E-state index contributed by atoms with van der Waals surface area (Å²) in [5, 5.41) is 17.5. The van der Waals surface area contributed by atoms with Crippen LogP contribution >= 0.6 is 11.6 Å². The van der Waals surface area contributed by atoms with Gasteiger partial charge in [-0.2, -0.15) is 0 Å². The third-order valence-corrected chi connectivity index (χ3v) is 2.36. The van der Waals surface area contributed by atoms with E-state index in [2.05, 4.69) is 0 Å². The fraction of sp³-hybridized carbons (Fsp3) is 0.200. The lowest BCUT2D eigenvalue weighted by Gasteiger charge is -2.07. The van der Waals surface area contributed by atoms with E-state index in [9.17, 15) is 9.59 Å². The van der Waals surface area contributed by atoms with Crippen LogP contribution in [0.3, 0.4) is 0 Å². The van der Waals surface area contributed by atoms with Crippen molar-refractivity contribution >= 4 is 23.5 Å². The van der Waals surface area contributed by atoms with Crippen LogP contribution in [0, 0.1) is 0 Å². The summed E-state index contributed by atoms with van der Waals surface area (Å²) in [7, 11) is 0. The molecule has 1 aromatic rings. The first-order valence-corrected chi connectivity index (χ1v) is 4.79. The minimum absolute atomic E-state index is 0.0586. The average Bonchev–Trinajstić information content (AvgIpc) is 2.20. The van der Waals surface area contributed by atoms with Gasteiger partial charge in [0.1, 0.15) is 6.04 Å². The van der Waals surface area contributed by atoms with Crippen LogP contribution in [0.25, 0.3) is 0 Å². The Kier molecular flexibility index (Phi) is 3.87. The van der Waals surface area contributed by atoms with Gasteiger partial charge < -0.3 is 15.9 Å². The molecule has 0 saturated carbocycles. The van der Waals surface area contributed by atoms with Crippen LogP contribution < -0.4 is 5.73 Å². The number of hydrogen-bond acceptors (Lipinski definition) is 3. The number of nitrogens with two attached hydrogens (primary N) is 1. The molecule has 4 N–H and O–H groups in total. The smallest absolute Gasteiger partial charge is 0.337 e. The number of aromatic carboxylic acids is 1. The average molecular weight is 244 g/mol. The maximum absolute atomic E-state index is 10.8. The Morgan fingerprint density at radius 2 is 2.00 bits per heavy atom. The zero-order valence-electron chi connectivity index (χ0n) is 8.18. The molecular formula is C10H10ClNO4. The van der Waals surface area contributed by atoms with Gasteiger partial charge in [0.15, 0.2) is 0 Å². The van der Waals surface area contributed by atoms with Crippen LogP contribution in [0.2, 0.25) is 5.02 Å². The van der Waals surface area contributed by atoms with Gasteiger partial charge in [0.25, 0.3) is 0 Å². The van der Waals surface area contributed by atoms with Crippen molar-refractivity contribution in [2.75, 3.05) is 0 Å². The van der Waals surface area contributed by atoms with Crippen molar-refractivity contribution in [1.82, 2.24) is 0 Å². The molecule has 6 heteroatoms. The summed E-state index contributed by atoms with van der Waals surface area (Å²) >= 11 is 5.66. The van der Waals surface area contributed by atoms with Crippen molar-refractivity contribution in [3.05, 3.63) is 34.3 Å². The van der Waals surface area contributed by atoms with E-state index in [1.807, 2.05) is 0 Å². The fourth-order valence-corrected chi connectivity index (χ4v) is 1.40. The van der Waals surface area contributed by atoms with E-state index in [0.717, 1.165) is 0 Å². The molecule has 0 aromatic heterocycles. The molecule has 5 nitrogen and oxygen atoms in total. The number of carboxylic acids is 2. The minimum atomic E-state index is -1.16. The maximum atomic E-state index is 10.8. The highest BCUT2D eigenvalue weighted by Gasteiger charge is 2.14. The normalized spacial score (nSPS) is 12.1. The molecular weight excluding hydrogens is 234 g/mol. The molecule has 16 heavy (non-hydrogen) atoms. The van der Waals surface area contributed by atoms with Gasteiger partial charge in [0.05, 0.1) is 10.6 Å². The zero-order chi connectivity index (χ0) is 12.3. The predicted molar refractivity (Wildman–Crippen MR) is 57.7 cm³/mol. The first kappa shape index (κ1) is 12.5. The molecule has 1 atom stereocenters. The van der Waals surface area contributed by atoms with Crippen molar-refractivity contribution in [3.8, 4) is 0 Å². The van der Waals surface area contributed by atoms with E-state index >= 15 is 0 Å². The third kappa shape index (κ3) is 2.95. The van der Waals surface area contributed by atoms with E-state index < -0.39 is 18.0 Å². The van der Waals surface area contributed by atoms with Crippen molar-refractivity contribution in [1.29, 1.82) is 0 Å². The topological polar surface area (TPSA) is 101 Å². The van der Waals surface area contributed by atoms with Crippen LogP contribution in [-0.2, 0) is 11.2 Å². The molecule has 0 bridgehead atoms. The number of carbonyl (C=O) groups is 2. The Morgan fingerprint density at radius 3 is 2.50 bits per heavy atom. The van der Waals surface area contributed by atoms with Crippen molar-refractivity contribution in [2.45, 2.75) is 12.5 Å². The summed E-state index contributed by atoms with van der Waals surface area (Å²) < 4.78 is 0. The Balaban J connectivity index is 2.95. The molecule has 0 aliphatic rings. The summed E-state index contributed by atoms with van der Waals surface area (Å²) in [6.45, 7) is 0. The Bertz CT molecular complexity index is 433. The molecule has 0 aliphatic carbocycles. The summed E-state index contributed by atoms with van der Waals surface area (Å²) in [5.74, 6) is -2.29. The monoisotopic (exact) mass is 243 g/mol. The number of rotatable bonds is 4. The lowest BCUT2D eigenvalue weighted by Crippen LogP contribution is -2.32. The zero-order valence-corrected chi connectivity index (χ0v) is 8.94. The lowest BCUT2D eigenvalue weighted by molar-refractivity contribution is -0.138. The van der Waals surface area contributed by atoms with Crippen molar-refractivity contribution in [2.24, 2.45) is 5.73 Å². The van der Waals surface area contributed by atoms with Crippen LogP contribution in [0.15, 0.2) is 18.2 Å². The summed E-state index contributed by atoms with van der Waals surface area (Å²) in [6, 6.07) is 3.24. The van der Waals surface area contributed by atoms with Gasteiger partial charge in [-0.25, -0.2) is 4.79 Å². The number of carboxylic acid groups (broad SMARTS) is 2. The number of benzene rings is 1. The van der Waals surface area contributed by atoms with Gasteiger partial charge in [-0.3, -0.25) is 4.79 Å². The molecule has 1 unspecified atom stereocenters. The SMILES string of the molecule is NC(Cc1ccc(Cl)c(C(=O)O)c1)C(=O)O. The van der Waals surface area contributed by atoms with E-state index in [-0.39, 0.29) is 17.0 Å². The first-order valence-electron chi connectivity index (χ1n) is 4.42.